The monoisotopic (exact) mass is 459 g/mol. The molecule has 176 valence electrons. The highest BCUT2D eigenvalue weighted by Crippen LogP contribution is 2.48. The molecule has 1 aliphatic heterocycles. The molecule has 6 heteroatoms. The summed E-state index contributed by atoms with van der Waals surface area (Å²) in [6, 6.07) is 19.0. The highest BCUT2D eigenvalue weighted by atomic mass is 16.5. The largest absolute Gasteiger partial charge is 0.465 e. The maximum absolute atomic E-state index is 14.1. The molecule has 1 N–H and O–H groups in total. The van der Waals surface area contributed by atoms with Crippen molar-refractivity contribution < 1.29 is 23.9 Å². The fourth-order valence-corrected chi connectivity index (χ4v) is 5.01. The molecule has 0 amide bonds. The number of allylic oxidation sites excluding steroid dienone is 3. The predicted molar refractivity (Wildman–Crippen MR) is 128 cm³/mol. The molecule has 0 bridgehead atoms. The minimum atomic E-state index is -0.990. The van der Waals surface area contributed by atoms with Gasteiger partial charge in [-0.2, -0.15) is 0 Å². The van der Waals surface area contributed by atoms with Crippen molar-refractivity contribution in [3.8, 4) is 0 Å². The zero-order valence-electron chi connectivity index (χ0n) is 19.7. The highest BCUT2D eigenvalue weighted by molar-refractivity contribution is 6.13. The van der Waals surface area contributed by atoms with Gasteiger partial charge >= 0.3 is 11.9 Å². The molecule has 2 aromatic rings. The third-order valence-corrected chi connectivity index (χ3v) is 6.42. The second kappa shape index (κ2) is 10.1. The standard InChI is InChI=1S/C28H29NO5/c1-4-33-27(31)22-17(3)29-21-16-20(18-12-8-6-9-13-18)24(28(32)34-5-2)26(30)25(21)23(22)19-14-10-7-11-15-19/h6-15,20,23-24,29H,4-5,16H2,1-3H3/t20-,23-,24+/m0/s1. The molecule has 0 aromatic heterocycles. The lowest BCUT2D eigenvalue weighted by molar-refractivity contribution is -0.152. The van der Waals surface area contributed by atoms with E-state index in [2.05, 4.69) is 5.32 Å². The number of esters is 2. The number of hydrogen-bond acceptors (Lipinski definition) is 6. The van der Waals surface area contributed by atoms with Gasteiger partial charge in [0.25, 0.3) is 0 Å². The molecule has 4 rings (SSSR count). The first-order valence-corrected chi connectivity index (χ1v) is 11.7. The van der Waals surface area contributed by atoms with E-state index in [0.717, 1.165) is 16.8 Å². The van der Waals surface area contributed by atoms with Crippen molar-refractivity contribution in [2.45, 2.75) is 39.0 Å². The summed E-state index contributed by atoms with van der Waals surface area (Å²) in [4.78, 5) is 40.2. The van der Waals surface area contributed by atoms with Crippen LogP contribution in [0.1, 0.15) is 50.2 Å². The number of Topliss-reactive ketones (excluding diaryl/α,β-unsaturated/α-hetero) is 1. The predicted octanol–water partition coefficient (Wildman–Crippen LogP) is 4.40. The van der Waals surface area contributed by atoms with Crippen molar-refractivity contribution in [2.24, 2.45) is 5.92 Å². The van der Waals surface area contributed by atoms with Crippen LogP contribution >= 0.6 is 0 Å². The van der Waals surface area contributed by atoms with Crippen LogP contribution in [0.4, 0.5) is 0 Å². The van der Waals surface area contributed by atoms with Crippen molar-refractivity contribution in [3.05, 3.63) is 94.3 Å². The Hall–Kier alpha value is -3.67. The Kier molecular flexibility index (Phi) is 6.96. The van der Waals surface area contributed by atoms with E-state index in [1.807, 2.05) is 67.6 Å². The number of ketones is 1. The number of rotatable bonds is 6. The Morgan fingerprint density at radius 2 is 1.50 bits per heavy atom. The Bertz CT molecular complexity index is 1150. The van der Waals surface area contributed by atoms with E-state index in [1.165, 1.54) is 0 Å². The van der Waals surface area contributed by atoms with Crippen molar-refractivity contribution >= 4 is 17.7 Å². The second-order valence-electron chi connectivity index (χ2n) is 8.44. The Morgan fingerprint density at radius 3 is 2.09 bits per heavy atom. The first kappa shape index (κ1) is 23.5. The molecule has 2 aromatic carbocycles. The SMILES string of the molecule is CCOC(=O)C1=C(C)NC2=C(C(=O)[C@H](C(=O)OCC)[C@H](c3ccccc3)C2)[C@H]1c1ccccc1. The van der Waals surface area contributed by atoms with Gasteiger partial charge in [0.2, 0.25) is 0 Å². The third-order valence-electron chi connectivity index (χ3n) is 6.42. The highest BCUT2D eigenvalue weighted by Gasteiger charge is 2.49. The fraction of sp³-hybridized carbons (Fsp3) is 0.321. The first-order chi connectivity index (χ1) is 16.5. The number of benzene rings is 2. The minimum Gasteiger partial charge on any atom is -0.465 e. The van der Waals surface area contributed by atoms with Gasteiger partial charge in [0.1, 0.15) is 5.92 Å². The molecule has 1 aliphatic carbocycles. The molecule has 0 spiro atoms. The first-order valence-electron chi connectivity index (χ1n) is 11.7. The van der Waals surface area contributed by atoms with Crippen molar-refractivity contribution in [3.63, 3.8) is 0 Å². The van der Waals surface area contributed by atoms with Crippen LogP contribution in [0.3, 0.4) is 0 Å². The van der Waals surface area contributed by atoms with Gasteiger partial charge in [-0.25, -0.2) is 4.79 Å². The van der Waals surface area contributed by atoms with E-state index in [0.29, 0.717) is 23.3 Å². The zero-order valence-corrected chi connectivity index (χ0v) is 19.7. The number of carbonyl (C=O) groups is 3. The van der Waals surface area contributed by atoms with Crippen molar-refractivity contribution in [1.29, 1.82) is 0 Å². The molecule has 0 fully saturated rings. The van der Waals surface area contributed by atoms with E-state index in [1.54, 1.807) is 13.8 Å². The fourth-order valence-electron chi connectivity index (χ4n) is 5.01. The van der Waals surface area contributed by atoms with Crippen LogP contribution in [0, 0.1) is 5.92 Å². The zero-order chi connectivity index (χ0) is 24.2. The van der Waals surface area contributed by atoms with E-state index >= 15 is 0 Å². The van der Waals surface area contributed by atoms with Crippen molar-refractivity contribution in [1.82, 2.24) is 5.32 Å². The van der Waals surface area contributed by atoms with Gasteiger partial charge in [-0.1, -0.05) is 60.7 Å². The molecule has 0 saturated heterocycles. The van der Waals surface area contributed by atoms with E-state index in [9.17, 15) is 14.4 Å². The molecule has 0 unspecified atom stereocenters. The molecule has 3 atom stereocenters. The summed E-state index contributed by atoms with van der Waals surface area (Å²) >= 11 is 0. The van der Waals surface area contributed by atoms with Crippen LogP contribution in [0.15, 0.2) is 83.2 Å². The van der Waals surface area contributed by atoms with Crippen LogP contribution in [-0.2, 0) is 23.9 Å². The summed E-state index contributed by atoms with van der Waals surface area (Å²) < 4.78 is 10.7. The Labute approximate surface area is 199 Å². The average Bonchev–Trinajstić information content (AvgIpc) is 2.84. The summed E-state index contributed by atoms with van der Waals surface area (Å²) in [5, 5.41) is 3.31. The Morgan fingerprint density at radius 1 is 0.912 bits per heavy atom. The van der Waals surface area contributed by atoms with Crippen LogP contribution < -0.4 is 5.32 Å². The lowest BCUT2D eigenvalue weighted by atomic mass is 9.67. The van der Waals surface area contributed by atoms with Gasteiger partial charge in [0.15, 0.2) is 5.78 Å². The van der Waals surface area contributed by atoms with Crippen LogP contribution in [0.25, 0.3) is 0 Å². The summed E-state index contributed by atoms with van der Waals surface area (Å²) in [7, 11) is 0. The topological polar surface area (TPSA) is 81.7 Å². The van der Waals surface area contributed by atoms with Crippen LogP contribution in [0.5, 0.6) is 0 Å². The Balaban J connectivity index is 1.88. The van der Waals surface area contributed by atoms with Gasteiger partial charge in [-0.05, 0) is 38.3 Å². The van der Waals surface area contributed by atoms with Crippen molar-refractivity contribution in [2.75, 3.05) is 13.2 Å². The number of carbonyl (C=O) groups excluding carboxylic acids is 3. The van der Waals surface area contributed by atoms with Gasteiger partial charge < -0.3 is 14.8 Å². The minimum absolute atomic E-state index is 0.184. The smallest absolute Gasteiger partial charge is 0.336 e. The lowest BCUT2D eigenvalue weighted by Gasteiger charge is -2.39. The quantitative estimate of drug-likeness (QED) is 0.509. The molecule has 34 heavy (non-hydrogen) atoms. The van der Waals surface area contributed by atoms with E-state index in [4.69, 9.17) is 9.47 Å². The summed E-state index contributed by atoms with van der Waals surface area (Å²) in [5.74, 6) is -3.31. The lowest BCUT2D eigenvalue weighted by Crippen LogP contribution is -2.43. The molecular weight excluding hydrogens is 430 g/mol. The van der Waals surface area contributed by atoms with Crippen LogP contribution in [0.2, 0.25) is 0 Å². The summed E-state index contributed by atoms with van der Waals surface area (Å²) in [6.45, 7) is 5.71. The average molecular weight is 460 g/mol. The third kappa shape index (κ3) is 4.28. The molecule has 6 nitrogen and oxygen atoms in total. The summed E-state index contributed by atoms with van der Waals surface area (Å²) in [5.41, 5.74) is 3.91. The number of hydrogen-bond donors (Lipinski definition) is 1. The molecule has 0 saturated carbocycles. The van der Waals surface area contributed by atoms with E-state index < -0.39 is 23.8 Å². The van der Waals surface area contributed by atoms with E-state index in [-0.39, 0.29) is 24.9 Å². The van der Waals surface area contributed by atoms with Gasteiger partial charge in [-0.15, -0.1) is 0 Å². The number of nitrogens with one attached hydrogen (secondary N) is 1. The number of dihydropyridines is 1. The maximum Gasteiger partial charge on any atom is 0.336 e. The molecular formula is C28H29NO5. The second-order valence-corrected chi connectivity index (χ2v) is 8.44. The maximum atomic E-state index is 14.1. The molecule has 0 radical (unpaired) electrons. The molecule has 1 heterocycles. The molecule has 2 aliphatic rings. The van der Waals surface area contributed by atoms with Gasteiger partial charge in [0, 0.05) is 28.8 Å². The number of ether oxygens (including phenoxy) is 2. The summed E-state index contributed by atoms with van der Waals surface area (Å²) in [6.07, 6.45) is 0.450. The normalized spacial score (nSPS) is 22.1. The van der Waals surface area contributed by atoms with Gasteiger partial charge in [-0.3, -0.25) is 9.59 Å². The van der Waals surface area contributed by atoms with Crippen LogP contribution in [-0.4, -0.2) is 30.9 Å². The van der Waals surface area contributed by atoms with Gasteiger partial charge in [0.05, 0.1) is 18.8 Å².